The summed E-state index contributed by atoms with van der Waals surface area (Å²) in [6.45, 7) is 2.87. The molecule has 4 nitrogen and oxygen atoms in total. The van der Waals surface area contributed by atoms with Crippen molar-refractivity contribution in [2.45, 2.75) is 19.8 Å². The molecule has 2 rings (SSSR count). The molecule has 0 unspecified atom stereocenters. The van der Waals surface area contributed by atoms with Crippen molar-refractivity contribution in [2.75, 3.05) is 11.9 Å². The third kappa shape index (κ3) is 2.39. The van der Waals surface area contributed by atoms with Gasteiger partial charge in [-0.15, -0.1) is 0 Å². The van der Waals surface area contributed by atoms with E-state index >= 15 is 0 Å². The number of unbranched alkanes of at least 4 members (excludes halogenated alkanes) is 1. The van der Waals surface area contributed by atoms with Crippen LogP contribution in [0.2, 0.25) is 0 Å². The maximum absolute atomic E-state index is 11.0. The van der Waals surface area contributed by atoms with Gasteiger partial charge in [-0.25, -0.2) is 0 Å². The van der Waals surface area contributed by atoms with E-state index in [0.29, 0.717) is 5.69 Å². The van der Waals surface area contributed by atoms with Crippen LogP contribution in [0, 0.1) is 10.1 Å². The van der Waals surface area contributed by atoms with Gasteiger partial charge in [0.2, 0.25) is 0 Å². The van der Waals surface area contributed by atoms with Crippen LogP contribution in [-0.2, 0) is 0 Å². The lowest BCUT2D eigenvalue weighted by Gasteiger charge is -2.03. The van der Waals surface area contributed by atoms with Crippen LogP contribution in [-0.4, -0.2) is 11.5 Å². The molecule has 0 saturated heterocycles. The number of rotatable bonds is 5. The fraction of sp³-hybridized carbons (Fsp3) is 0.333. The lowest BCUT2D eigenvalue weighted by Crippen LogP contribution is -2.02. The minimum absolute atomic E-state index is 0.210. The van der Waals surface area contributed by atoms with E-state index in [0.717, 1.165) is 29.5 Å². The Hall–Kier alpha value is -1.62. The zero-order chi connectivity index (χ0) is 12.3. The Morgan fingerprint density at radius 3 is 2.88 bits per heavy atom. The van der Waals surface area contributed by atoms with Gasteiger partial charge in [-0.05, 0) is 12.5 Å². The number of fused-ring (bicyclic) bond motifs is 1. The normalized spacial score (nSPS) is 10.6. The van der Waals surface area contributed by atoms with Gasteiger partial charge in [0, 0.05) is 16.6 Å². The highest BCUT2D eigenvalue weighted by atomic mass is 32.1. The Bertz CT molecular complexity index is 536. The van der Waals surface area contributed by atoms with Crippen molar-refractivity contribution in [1.29, 1.82) is 0 Å². The summed E-state index contributed by atoms with van der Waals surface area (Å²) in [5.41, 5.74) is 0.670. The van der Waals surface area contributed by atoms with Gasteiger partial charge in [-0.3, -0.25) is 10.1 Å². The van der Waals surface area contributed by atoms with E-state index in [-0.39, 0.29) is 9.92 Å². The average Bonchev–Trinajstić information content (AvgIpc) is 2.69. The van der Waals surface area contributed by atoms with E-state index in [9.17, 15) is 10.1 Å². The van der Waals surface area contributed by atoms with Crippen LogP contribution in [0.3, 0.4) is 0 Å². The maximum Gasteiger partial charge on any atom is 0.348 e. The maximum atomic E-state index is 11.0. The van der Waals surface area contributed by atoms with Gasteiger partial charge in [-0.1, -0.05) is 42.9 Å². The Labute approximate surface area is 103 Å². The molecule has 0 aliphatic carbocycles. The first kappa shape index (κ1) is 11.9. The monoisotopic (exact) mass is 250 g/mol. The highest BCUT2D eigenvalue weighted by molar-refractivity contribution is 7.23. The summed E-state index contributed by atoms with van der Waals surface area (Å²) in [5, 5.41) is 15.3. The first-order valence-electron chi connectivity index (χ1n) is 5.64. The van der Waals surface area contributed by atoms with E-state index in [1.165, 1.54) is 11.3 Å². The summed E-state index contributed by atoms with van der Waals surface area (Å²) >= 11 is 1.23. The summed E-state index contributed by atoms with van der Waals surface area (Å²) in [4.78, 5) is 10.7. The van der Waals surface area contributed by atoms with Gasteiger partial charge in [0.15, 0.2) is 0 Å². The molecule has 0 aliphatic heterocycles. The molecule has 0 bridgehead atoms. The Morgan fingerprint density at radius 2 is 2.18 bits per heavy atom. The molecule has 1 aromatic heterocycles. The van der Waals surface area contributed by atoms with E-state index in [4.69, 9.17) is 0 Å². The van der Waals surface area contributed by atoms with Crippen LogP contribution in [0.25, 0.3) is 10.1 Å². The lowest BCUT2D eigenvalue weighted by molar-refractivity contribution is -0.379. The molecule has 0 amide bonds. The van der Waals surface area contributed by atoms with Crippen LogP contribution >= 0.6 is 11.3 Å². The molecule has 0 atom stereocenters. The molecule has 1 heterocycles. The fourth-order valence-corrected chi connectivity index (χ4v) is 2.72. The quantitative estimate of drug-likeness (QED) is 0.495. The molecule has 0 radical (unpaired) electrons. The second-order valence-electron chi connectivity index (χ2n) is 3.82. The summed E-state index contributed by atoms with van der Waals surface area (Å²) in [6.07, 6.45) is 2.09. The van der Waals surface area contributed by atoms with Crippen LogP contribution < -0.4 is 5.32 Å². The number of benzene rings is 1. The molecule has 0 fully saturated rings. The van der Waals surface area contributed by atoms with Crippen molar-refractivity contribution in [3.05, 3.63) is 34.4 Å². The van der Waals surface area contributed by atoms with Gasteiger partial charge in [0.1, 0.15) is 5.69 Å². The van der Waals surface area contributed by atoms with Gasteiger partial charge >= 0.3 is 5.00 Å². The van der Waals surface area contributed by atoms with Crippen LogP contribution in [0.5, 0.6) is 0 Å². The summed E-state index contributed by atoms with van der Waals surface area (Å²) in [7, 11) is 0. The van der Waals surface area contributed by atoms with E-state index in [2.05, 4.69) is 12.2 Å². The molecule has 0 aliphatic rings. The summed E-state index contributed by atoms with van der Waals surface area (Å²) in [5.74, 6) is 0. The summed E-state index contributed by atoms with van der Waals surface area (Å²) in [6, 6.07) is 7.65. The number of nitrogens with one attached hydrogen (secondary N) is 1. The first-order chi connectivity index (χ1) is 8.24. The van der Waals surface area contributed by atoms with Crippen molar-refractivity contribution in [1.82, 2.24) is 0 Å². The largest absolute Gasteiger partial charge is 0.378 e. The van der Waals surface area contributed by atoms with Crippen molar-refractivity contribution in [3.63, 3.8) is 0 Å². The second kappa shape index (κ2) is 5.14. The van der Waals surface area contributed by atoms with Crippen LogP contribution in [0.1, 0.15) is 19.8 Å². The average molecular weight is 250 g/mol. The van der Waals surface area contributed by atoms with E-state index < -0.39 is 0 Å². The minimum atomic E-state index is -0.307. The number of anilines is 1. The molecule has 1 aromatic carbocycles. The van der Waals surface area contributed by atoms with Gasteiger partial charge in [-0.2, -0.15) is 0 Å². The smallest absolute Gasteiger partial charge is 0.348 e. The SMILES string of the molecule is CCCCNc1c([N+](=O)[O-])sc2ccccc12. The third-order valence-electron chi connectivity index (χ3n) is 2.57. The van der Waals surface area contributed by atoms with Crippen LogP contribution in [0.15, 0.2) is 24.3 Å². The molecular formula is C12H14N2O2S. The third-order valence-corrected chi connectivity index (χ3v) is 3.70. The molecule has 1 N–H and O–H groups in total. The topological polar surface area (TPSA) is 55.2 Å². The lowest BCUT2D eigenvalue weighted by atomic mass is 10.2. The molecule has 2 aromatic rings. The molecule has 0 saturated carbocycles. The number of hydrogen-bond donors (Lipinski definition) is 1. The Balaban J connectivity index is 2.41. The van der Waals surface area contributed by atoms with Gasteiger partial charge in [0.05, 0.1) is 4.92 Å². The number of nitro groups is 1. The van der Waals surface area contributed by atoms with E-state index in [1.807, 2.05) is 24.3 Å². The van der Waals surface area contributed by atoms with E-state index in [1.54, 1.807) is 0 Å². The number of nitrogens with zero attached hydrogens (tertiary/aromatic N) is 1. The first-order valence-corrected chi connectivity index (χ1v) is 6.45. The molecule has 90 valence electrons. The van der Waals surface area contributed by atoms with Crippen molar-refractivity contribution in [2.24, 2.45) is 0 Å². The minimum Gasteiger partial charge on any atom is -0.378 e. The van der Waals surface area contributed by atoms with Gasteiger partial charge in [0.25, 0.3) is 0 Å². The summed E-state index contributed by atoms with van der Waals surface area (Å²) < 4.78 is 0.957. The van der Waals surface area contributed by atoms with Crippen molar-refractivity contribution in [3.8, 4) is 0 Å². The Kier molecular flexibility index (Phi) is 3.58. The molecule has 0 spiro atoms. The standard InChI is InChI=1S/C12H14N2O2S/c1-2-3-8-13-11-9-6-4-5-7-10(9)17-12(11)14(15)16/h4-7,13H,2-3,8H2,1H3. The number of thiophene rings is 1. The predicted octanol–water partition coefficient (Wildman–Crippen LogP) is 4.02. The van der Waals surface area contributed by atoms with Crippen LogP contribution in [0.4, 0.5) is 10.7 Å². The fourth-order valence-electron chi connectivity index (χ4n) is 1.72. The second-order valence-corrected chi connectivity index (χ2v) is 4.85. The Morgan fingerprint density at radius 1 is 1.41 bits per heavy atom. The van der Waals surface area contributed by atoms with Gasteiger partial charge < -0.3 is 5.32 Å². The van der Waals surface area contributed by atoms with Crippen molar-refractivity contribution >= 4 is 32.1 Å². The predicted molar refractivity (Wildman–Crippen MR) is 71.9 cm³/mol. The zero-order valence-electron chi connectivity index (χ0n) is 9.60. The number of hydrogen-bond acceptors (Lipinski definition) is 4. The molecule has 17 heavy (non-hydrogen) atoms. The molecular weight excluding hydrogens is 236 g/mol. The highest BCUT2D eigenvalue weighted by Gasteiger charge is 2.20. The molecule has 5 heteroatoms. The van der Waals surface area contributed by atoms with Crippen molar-refractivity contribution < 1.29 is 4.92 Å². The zero-order valence-corrected chi connectivity index (χ0v) is 10.4. The highest BCUT2D eigenvalue weighted by Crippen LogP contribution is 2.41.